The van der Waals surface area contributed by atoms with Gasteiger partial charge in [-0.25, -0.2) is 0 Å². The van der Waals surface area contributed by atoms with Crippen LogP contribution in [-0.2, 0) is 6.42 Å². The molecule has 0 saturated carbocycles. The van der Waals surface area contributed by atoms with Crippen molar-refractivity contribution in [1.82, 2.24) is 4.98 Å². The zero-order chi connectivity index (χ0) is 15.2. The Morgan fingerprint density at radius 2 is 2.19 bits per heavy atom. The van der Waals surface area contributed by atoms with Crippen LogP contribution in [0.4, 0.5) is 11.4 Å². The molecule has 0 aliphatic heterocycles. The lowest BCUT2D eigenvalue weighted by Gasteiger charge is -2.07. The van der Waals surface area contributed by atoms with Crippen LogP contribution in [0.2, 0.25) is 0 Å². The summed E-state index contributed by atoms with van der Waals surface area (Å²) in [5, 5.41) is 22.8. The van der Waals surface area contributed by atoms with Gasteiger partial charge in [-0.05, 0) is 37.1 Å². The van der Waals surface area contributed by atoms with Gasteiger partial charge in [0.2, 0.25) is 0 Å². The summed E-state index contributed by atoms with van der Waals surface area (Å²) in [6, 6.07) is 10.2. The van der Waals surface area contributed by atoms with Gasteiger partial charge in [0.1, 0.15) is 11.6 Å². The summed E-state index contributed by atoms with van der Waals surface area (Å²) >= 11 is 0. The molecule has 0 fully saturated rings. The molecule has 106 valence electrons. The number of nitro groups is 1. The summed E-state index contributed by atoms with van der Waals surface area (Å²) < 4.78 is 0. The van der Waals surface area contributed by atoms with Crippen molar-refractivity contribution in [1.29, 1.82) is 5.26 Å². The Morgan fingerprint density at radius 3 is 2.81 bits per heavy atom. The fourth-order valence-electron chi connectivity index (χ4n) is 1.89. The van der Waals surface area contributed by atoms with E-state index in [9.17, 15) is 10.1 Å². The molecule has 21 heavy (non-hydrogen) atoms. The molecule has 6 heteroatoms. The first-order chi connectivity index (χ1) is 10.1. The number of nitriles is 1. The van der Waals surface area contributed by atoms with Crippen molar-refractivity contribution in [3.8, 4) is 6.07 Å². The third kappa shape index (κ3) is 3.76. The molecule has 2 aromatic rings. The number of rotatable bonds is 5. The van der Waals surface area contributed by atoms with Crippen LogP contribution in [0.3, 0.4) is 0 Å². The van der Waals surface area contributed by atoms with E-state index in [0.29, 0.717) is 12.2 Å². The Bertz CT molecular complexity index is 690. The normalized spacial score (nSPS) is 9.90. The lowest BCUT2D eigenvalue weighted by Crippen LogP contribution is -2.05. The van der Waals surface area contributed by atoms with Gasteiger partial charge in [-0.15, -0.1) is 0 Å². The van der Waals surface area contributed by atoms with Crippen LogP contribution in [-0.4, -0.2) is 16.5 Å². The van der Waals surface area contributed by atoms with E-state index in [1.54, 1.807) is 6.07 Å². The molecule has 0 spiro atoms. The van der Waals surface area contributed by atoms with Crippen molar-refractivity contribution >= 4 is 11.4 Å². The molecular formula is C15H14N4O2. The first-order valence-electron chi connectivity index (χ1n) is 6.44. The number of aromatic nitrogens is 1. The lowest BCUT2D eigenvalue weighted by atomic mass is 10.1. The molecule has 0 bridgehead atoms. The number of hydrogen-bond acceptors (Lipinski definition) is 5. The second-order valence-electron chi connectivity index (χ2n) is 4.59. The van der Waals surface area contributed by atoms with Crippen LogP contribution in [0.15, 0.2) is 36.5 Å². The van der Waals surface area contributed by atoms with Crippen molar-refractivity contribution in [2.24, 2.45) is 0 Å². The van der Waals surface area contributed by atoms with Gasteiger partial charge in [-0.1, -0.05) is 6.07 Å². The standard InChI is InChI=1S/C15H14N4O2/c1-11-2-3-12(10-18-11)6-7-17-14-4-5-15(19(20)21)13(8-14)9-16/h2-5,8,10,17H,6-7H2,1H3. The quantitative estimate of drug-likeness (QED) is 0.672. The predicted octanol–water partition coefficient (Wildman–Crippen LogP) is 2.82. The van der Waals surface area contributed by atoms with Crippen molar-refractivity contribution in [2.45, 2.75) is 13.3 Å². The molecule has 6 nitrogen and oxygen atoms in total. The average molecular weight is 282 g/mol. The maximum absolute atomic E-state index is 10.7. The van der Waals surface area contributed by atoms with Crippen LogP contribution in [0.1, 0.15) is 16.8 Å². The third-order valence-corrected chi connectivity index (χ3v) is 3.03. The minimum atomic E-state index is -0.555. The van der Waals surface area contributed by atoms with Gasteiger partial charge >= 0.3 is 0 Å². The van der Waals surface area contributed by atoms with Crippen LogP contribution in [0.5, 0.6) is 0 Å². The topological polar surface area (TPSA) is 91.9 Å². The summed E-state index contributed by atoms with van der Waals surface area (Å²) in [4.78, 5) is 14.4. The molecule has 1 aromatic carbocycles. The molecule has 0 amide bonds. The van der Waals surface area contributed by atoms with E-state index in [0.717, 1.165) is 17.7 Å². The molecular weight excluding hydrogens is 268 g/mol. The smallest absolute Gasteiger partial charge is 0.287 e. The van der Waals surface area contributed by atoms with E-state index >= 15 is 0 Å². The second kappa shape index (κ2) is 6.48. The monoisotopic (exact) mass is 282 g/mol. The maximum Gasteiger partial charge on any atom is 0.287 e. The van der Waals surface area contributed by atoms with E-state index in [2.05, 4.69) is 10.3 Å². The second-order valence-corrected chi connectivity index (χ2v) is 4.59. The van der Waals surface area contributed by atoms with E-state index < -0.39 is 4.92 Å². The minimum Gasteiger partial charge on any atom is -0.385 e. The number of nitrogens with one attached hydrogen (secondary N) is 1. The fraction of sp³-hybridized carbons (Fsp3) is 0.200. The SMILES string of the molecule is Cc1ccc(CCNc2ccc([N+](=O)[O-])c(C#N)c2)cn1. The van der Waals surface area contributed by atoms with Crippen molar-refractivity contribution < 1.29 is 4.92 Å². The first-order valence-corrected chi connectivity index (χ1v) is 6.44. The summed E-state index contributed by atoms with van der Waals surface area (Å²) in [7, 11) is 0. The number of nitrogens with zero attached hydrogens (tertiary/aromatic N) is 3. The Balaban J connectivity index is 1.99. The van der Waals surface area contributed by atoms with Gasteiger partial charge in [0.15, 0.2) is 0 Å². The van der Waals surface area contributed by atoms with Crippen LogP contribution >= 0.6 is 0 Å². The first kappa shape index (κ1) is 14.5. The maximum atomic E-state index is 10.7. The highest BCUT2D eigenvalue weighted by Gasteiger charge is 2.13. The van der Waals surface area contributed by atoms with Gasteiger partial charge in [0.05, 0.1) is 4.92 Å². The average Bonchev–Trinajstić information content (AvgIpc) is 2.49. The highest BCUT2D eigenvalue weighted by atomic mass is 16.6. The Labute approximate surface area is 122 Å². The zero-order valence-corrected chi connectivity index (χ0v) is 11.5. The number of nitro benzene ring substituents is 1. The molecule has 1 N–H and O–H groups in total. The number of aryl methyl sites for hydroxylation is 1. The molecule has 1 heterocycles. The lowest BCUT2D eigenvalue weighted by molar-refractivity contribution is -0.385. The molecule has 0 radical (unpaired) electrons. The summed E-state index contributed by atoms with van der Waals surface area (Å²) in [5.74, 6) is 0. The van der Waals surface area contributed by atoms with Crippen LogP contribution in [0, 0.1) is 28.4 Å². The zero-order valence-electron chi connectivity index (χ0n) is 11.5. The van der Waals surface area contributed by atoms with Gasteiger partial charge in [-0.2, -0.15) is 5.26 Å². The molecule has 0 atom stereocenters. The highest BCUT2D eigenvalue weighted by molar-refractivity contribution is 5.58. The largest absolute Gasteiger partial charge is 0.385 e. The Kier molecular flexibility index (Phi) is 4.46. The van der Waals surface area contributed by atoms with Gasteiger partial charge in [-0.3, -0.25) is 15.1 Å². The molecule has 0 aliphatic carbocycles. The van der Waals surface area contributed by atoms with Crippen molar-refractivity contribution in [2.75, 3.05) is 11.9 Å². The summed E-state index contributed by atoms with van der Waals surface area (Å²) in [6.45, 7) is 2.59. The van der Waals surface area contributed by atoms with Crippen molar-refractivity contribution in [3.63, 3.8) is 0 Å². The van der Waals surface area contributed by atoms with Gasteiger partial charge < -0.3 is 5.32 Å². The molecule has 0 saturated heterocycles. The number of benzene rings is 1. The molecule has 0 unspecified atom stereocenters. The third-order valence-electron chi connectivity index (χ3n) is 3.03. The number of pyridine rings is 1. The van der Waals surface area contributed by atoms with Crippen LogP contribution in [0.25, 0.3) is 0 Å². The predicted molar refractivity (Wildman–Crippen MR) is 79.0 cm³/mol. The molecule has 2 rings (SSSR count). The van der Waals surface area contributed by atoms with Gasteiger partial charge in [0, 0.05) is 30.2 Å². The van der Waals surface area contributed by atoms with E-state index in [1.165, 1.54) is 12.1 Å². The highest BCUT2D eigenvalue weighted by Crippen LogP contribution is 2.21. The van der Waals surface area contributed by atoms with E-state index in [4.69, 9.17) is 5.26 Å². The minimum absolute atomic E-state index is 0.0574. The molecule has 0 aliphatic rings. The Hall–Kier alpha value is -2.94. The molecule has 1 aromatic heterocycles. The Morgan fingerprint density at radius 1 is 1.38 bits per heavy atom. The summed E-state index contributed by atoms with van der Waals surface area (Å²) in [5.41, 5.74) is 2.65. The fourth-order valence-corrected chi connectivity index (χ4v) is 1.89. The van der Waals surface area contributed by atoms with Gasteiger partial charge in [0.25, 0.3) is 5.69 Å². The summed E-state index contributed by atoms with van der Waals surface area (Å²) in [6.07, 6.45) is 2.61. The number of hydrogen-bond donors (Lipinski definition) is 1. The number of anilines is 1. The van der Waals surface area contributed by atoms with E-state index in [-0.39, 0.29) is 11.3 Å². The van der Waals surface area contributed by atoms with E-state index in [1.807, 2.05) is 31.3 Å². The van der Waals surface area contributed by atoms with Crippen molar-refractivity contribution in [3.05, 3.63) is 63.5 Å². The van der Waals surface area contributed by atoms with Crippen LogP contribution < -0.4 is 5.32 Å².